The summed E-state index contributed by atoms with van der Waals surface area (Å²) in [5.74, 6) is 1.83. The minimum absolute atomic E-state index is 0.355. The first-order valence-corrected chi connectivity index (χ1v) is 6.96. The molecule has 1 aromatic carbocycles. The molecule has 0 spiro atoms. The molecule has 0 amide bonds. The highest BCUT2D eigenvalue weighted by molar-refractivity contribution is 5.40. The molecule has 0 saturated carbocycles. The fourth-order valence-electron chi connectivity index (χ4n) is 2.57. The van der Waals surface area contributed by atoms with E-state index >= 15 is 0 Å². The number of nitrogens with zero attached hydrogens (tertiary/aromatic N) is 1. The van der Waals surface area contributed by atoms with Gasteiger partial charge in [-0.15, -0.1) is 0 Å². The van der Waals surface area contributed by atoms with Gasteiger partial charge >= 0.3 is 0 Å². The van der Waals surface area contributed by atoms with E-state index in [0.29, 0.717) is 24.4 Å². The molecule has 2 atom stereocenters. The summed E-state index contributed by atoms with van der Waals surface area (Å²) in [5, 5.41) is 0. The number of benzene rings is 1. The van der Waals surface area contributed by atoms with Crippen LogP contribution in [-0.4, -0.2) is 38.7 Å². The van der Waals surface area contributed by atoms with Crippen molar-refractivity contribution in [2.45, 2.75) is 38.6 Å². The predicted molar refractivity (Wildman–Crippen MR) is 82.0 cm³/mol. The van der Waals surface area contributed by atoms with Crippen molar-refractivity contribution in [3.63, 3.8) is 0 Å². The lowest BCUT2D eigenvalue weighted by Gasteiger charge is -2.30. The molecule has 0 aliphatic rings. The monoisotopic (exact) mass is 264 g/mol. The van der Waals surface area contributed by atoms with Crippen molar-refractivity contribution >= 4 is 0 Å². The third kappa shape index (κ3) is 3.71. The van der Waals surface area contributed by atoms with Crippen molar-refractivity contribution in [1.29, 1.82) is 0 Å². The minimum atomic E-state index is 0.355. The van der Waals surface area contributed by atoms with Crippen molar-refractivity contribution < 1.29 is 4.74 Å². The molecule has 0 saturated heterocycles. The normalized spacial score (nSPS) is 14.8. The third-order valence-corrected chi connectivity index (χ3v) is 3.88. The molecular weight excluding hydrogens is 236 g/mol. The minimum Gasteiger partial charge on any atom is -0.496 e. The molecule has 3 heteroatoms. The zero-order valence-corrected chi connectivity index (χ0v) is 13.1. The second-order valence-corrected chi connectivity index (χ2v) is 5.71. The van der Waals surface area contributed by atoms with Gasteiger partial charge < -0.3 is 15.4 Å². The molecule has 1 aromatic rings. The molecule has 0 aliphatic carbocycles. The second kappa shape index (κ2) is 6.92. The Morgan fingerprint density at radius 2 is 1.84 bits per heavy atom. The average Bonchev–Trinajstić information content (AvgIpc) is 2.38. The van der Waals surface area contributed by atoms with Crippen molar-refractivity contribution in [1.82, 2.24) is 4.90 Å². The molecule has 1 rings (SSSR count). The van der Waals surface area contributed by atoms with Crippen molar-refractivity contribution in [3.8, 4) is 5.75 Å². The smallest absolute Gasteiger partial charge is 0.122 e. The van der Waals surface area contributed by atoms with Crippen LogP contribution in [0.3, 0.4) is 0 Å². The first-order chi connectivity index (χ1) is 8.92. The summed E-state index contributed by atoms with van der Waals surface area (Å²) < 4.78 is 5.44. The van der Waals surface area contributed by atoms with Crippen LogP contribution in [0.2, 0.25) is 0 Å². The van der Waals surface area contributed by atoms with E-state index in [-0.39, 0.29) is 0 Å². The maximum absolute atomic E-state index is 5.90. The van der Waals surface area contributed by atoms with Crippen LogP contribution in [0.5, 0.6) is 5.75 Å². The number of ether oxygens (including phenoxy) is 1. The molecule has 0 aliphatic heterocycles. The Kier molecular flexibility index (Phi) is 5.83. The van der Waals surface area contributed by atoms with Crippen LogP contribution in [0.1, 0.15) is 43.7 Å². The van der Waals surface area contributed by atoms with Gasteiger partial charge in [-0.25, -0.2) is 0 Å². The average molecular weight is 264 g/mol. The lowest BCUT2D eigenvalue weighted by molar-refractivity contribution is 0.266. The Bertz CT molecular complexity index is 402. The van der Waals surface area contributed by atoms with Crippen LogP contribution < -0.4 is 10.5 Å². The molecule has 0 aromatic heterocycles. The number of hydrogen-bond donors (Lipinski definition) is 1. The number of methoxy groups -OCH3 is 1. The lowest BCUT2D eigenvalue weighted by atomic mass is 9.89. The van der Waals surface area contributed by atoms with Gasteiger partial charge in [-0.05, 0) is 43.1 Å². The largest absolute Gasteiger partial charge is 0.496 e. The van der Waals surface area contributed by atoms with Gasteiger partial charge in [0.15, 0.2) is 0 Å². The number of likely N-dealkylation sites (N-methyl/N-ethyl adjacent to an activating group) is 1. The van der Waals surface area contributed by atoms with Crippen molar-refractivity contribution in [2.75, 3.05) is 27.7 Å². The summed E-state index contributed by atoms with van der Waals surface area (Å²) in [4.78, 5) is 2.20. The molecule has 0 heterocycles. The van der Waals surface area contributed by atoms with E-state index in [1.165, 1.54) is 11.1 Å². The molecule has 19 heavy (non-hydrogen) atoms. The second-order valence-electron chi connectivity index (χ2n) is 5.71. The first kappa shape index (κ1) is 16.0. The maximum atomic E-state index is 5.90. The maximum Gasteiger partial charge on any atom is 0.122 e. The van der Waals surface area contributed by atoms with E-state index < -0.39 is 0 Å². The van der Waals surface area contributed by atoms with Gasteiger partial charge in [0.25, 0.3) is 0 Å². The quantitative estimate of drug-likeness (QED) is 0.858. The molecule has 2 unspecified atom stereocenters. The lowest BCUT2D eigenvalue weighted by Crippen LogP contribution is -2.39. The molecule has 2 N–H and O–H groups in total. The summed E-state index contributed by atoms with van der Waals surface area (Å²) in [6.07, 6.45) is 0. The molecule has 3 nitrogen and oxygen atoms in total. The highest BCUT2D eigenvalue weighted by atomic mass is 16.5. The highest BCUT2D eigenvalue weighted by Crippen LogP contribution is 2.31. The van der Waals surface area contributed by atoms with Crippen molar-refractivity contribution in [3.05, 3.63) is 29.3 Å². The van der Waals surface area contributed by atoms with Crippen LogP contribution in [0.15, 0.2) is 18.2 Å². The summed E-state index contributed by atoms with van der Waals surface area (Å²) in [5.41, 5.74) is 8.49. The molecule has 108 valence electrons. The Morgan fingerprint density at radius 1 is 1.21 bits per heavy atom. The zero-order chi connectivity index (χ0) is 14.6. The topological polar surface area (TPSA) is 38.5 Å². The van der Waals surface area contributed by atoms with Crippen LogP contribution >= 0.6 is 0 Å². The first-order valence-electron chi connectivity index (χ1n) is 6.96. The fraction of sp³-hybridized carbons (Fsp3) is 0.625. The van der Waals surface area contributed by atoms with E-state index in [2.05, 4.69) is 58.0 Å². The van der Waals surface area contributed by atoms with Crippen LogP contribution in [-0.2, 0) is 0 Å². The Balaban J connectivity index is 3.10. The van der Waals surface area contributed by atoms with Crippen molar-refractivity contribution in [2.24, 2.45) is 5.73 Å². The SMILES string of the molecule is COc1ccc(C(C)C(CN)N(C)C)cc1C(C)C. The number of rotatable bonds is 6. The van der Waals surface area contributed by atoms with E-state index in [1.54, 1.807) is 7.11 Å². The molecule has 0 radical (unpaired) electrons. The van der Waals surface area contributed by atoms with Gasteiger partial charge in [0.2, 0.25) is 0 Å². The number of hydrogen-bond acceptors (Lipinski definition) is 3. The van der Waals surface area contributed by atoms with Gasteiger partial charge in [-0.3, -0.25) is 0 Å². The highest BCUT2D eigenvalue weighted by Gasteiger charge is 2.21. The fourth-order valence-corrected chi connectivity index (χ4v) is 2.57. The van der Waals surface area contributed by atoms with Gasteiger partial charge in [-0.1, -0.05) is 32.9 Å². The number of nitrogens with two attached hydrogens (primary N) is 1. The van der Waals surface area contributed by atoms with Gasteiger partial charge in [0.05, 0.1) is 7.11 Å². The Morgan fingerprint density at radius 3 is 2.26 bits per heavy atom. The Labute approximate surface area is 117 Å². The summed E-state index contributed by atoms with van der Waals surface area (Å²) in [6, 6.07) is 6.85. The van der Waals surface area contributed by atoms with E-state index in [4.69, 9.17) is 10.5 Å². The molecule has 0 fully saturated rings. The van der Waals surface area contributed by atoms with Gasteiger partial charge in [0.1, 0.15) is 5.75 Å². The van der Waals surface area contributed by atoms with E-state index in [0.717, 1.165) is 5.75 Å². The Hall–Kier alpha value is -1.06. The third-order valence-electron chi connectivity index (χ3n) is 3.88. The van der Waals surface area contributed by atoms with Gasteiger partial charge in [-0.2, -0.15) is 0 Å². The molecular formula is C16H28N2O. The van der Waals surface area contributed by atoms with Crippen LogP contribution in [0.4, 0.5) is 0 Å². The standard InChI is InChI=1S/C16H28N2O/c1-11(2)14-9-13(7-8-16(14)19-6)12(3)15(10-17)18(4)5/h7-9,11-12,15H,10,17H2,1-6H3. The van der Waals surface area contributed by atoms with Gasteiger partial charge in [0, 0.05) is 12.6 Å². The van der Waals surface area contributed by atoms with E-state index in [9.17, 15) is 0 Å². The van der Waals surface area contributed by atoms with Crippen LogP contribution in [0, 0.1) is 0 Å². The summed E-state index contributed by atoms with van der Waals surface area (Å²) >= 11 is 0. The van der Waals surface area contributed by atoms with Crippen LogP contribution in [0.25, 0.3) is 0 Å². The summed E-state index contributed by atoms with van der Waals surface area (Å²) in [6.45, 7) is 7.29. The predicted octanol–water partition coefficient (Wildman–Crippen LogP) is 2.81. The zero-order valence-electron chi connectivity index (χ0n) is 13.1. The summed E-state index contributed by atoms with van der Waals surface area (Å²) in [7, 11) is 5.90. The van der Waals surface area contributed by atoms with E-state index in [1.807, 2.05) is 0 Å². The molecule has 0 bridgehead atoms.